The van der Waals surface area contributed by atoms with Gasteiger partial charge in [-0.15, -0.1) is 0 Å². The zero-order chi connectivity index (χ0) is 14.7. The fourth-order valence-corrected chi connectivity index (χ4v) is 3.33. The fourth-order valence-electron chi connectivity index (χ4n) is 2.02. The molecule has 0 unspecified atom stereocenters. The molecule has 6 heteroatoms. The van der Waals surface area contributed by atoms with E-state index >= 15 is 0 Å². The van der Waals surface area contributed by atoms with Crippen molar-refractivity contribution in [3.05, 3.63) is 58.5 Å². The van der Waals surface area contributed by atoms with Gasteiger partial charge in [0.15, 0.2) is 15.6 Å². The van der Waals surface area contributed by atoms with Gasteiger partial charge in [0.1, 0.15) is 0 Å². The number of nitrogens with zero attached hydrogens (tertiary/aromatic N) is 2. The largest absolute Gasteiger partial charge is 0.444 e. The third-order valence-corrected chi connectivity index (χ3v) is 4.55. The predicted octanol–water partition coefficient (Wildman–Crippen LogP) is 3.79. The first kappa shape index (κ1) is 14.4. The molecule has 2 aromatic rings. The molecular formula is C15H13BrN2O2S. The lowest BCUT2D eigenvalue weighted by Crippen LogP contribution is -2.32. The Morgan fingerprint density at radius 2 is 2.10 bits per heavy atom. The summed E-state index contributed by atoms with van der Waals surface area (Å²) in [6.45, 7) is 1.25. The van der Waals surface area contributed by atoms with Gasteiger partial charge in [-0.2, -0.15) is 0 Å². The highest BCUT2D eigenvalue weighted by Gasteiger charge is 2.27. The first-order chi connectivity index (χ1) is 10.2. The molecule has 1 aromatic carbocycles. The topological polar surface area (TPSA) is 45.8 Å². The third-order valence-electron chi connectivity index (χ3n) is 3.04. The van der Waals surface area contributed by atoms with Crippen molar-refractivity contribution in [2.75, 3.05) is 13.1 Å². The second kappa shape index (κ2) is 6.49. The number of halogens is 1. The van der Waals surface area contributed by atoms with Gasteiger partial charge in [0.2, 0.25) is 0 Å². The van der Waals surface area contributed by atoms with Crippen LogP contribution < -0.4 is 0 Å². The Kier molecular flexibility index (Phi) is 4.45. The summed E-state index contributed by atoms with van der Waals surface area (Å²) in [5.74, 6) is 0.986. The second-order valence-electron chi connectivity index (χ2n) is 4.50. The van der Waals surface area contributed by atoms with E-state index in [-0.39, 0.29) is 5.91 Å². The number of hydrogen-bond acceptors (Lipinski definition) is 4. The van der Waals surface area contributed by atoms with Crippen molar-refractivity contribution >= 4 is 38.8 Å². The molecule has 1 aromatic heterocycles. The number of furan rings is 1. The zero-order valence-electron chi connectivity index (χ0n) is 11.2. The summed E-state index contributed by atoms with van der Waals surface area (Å²) < 4.78 is 5.89. The number of benzene rings is 1. The van der Waals surface area contributed by atoms with E-state index in [4.69, 9.17) is 4.42 Å². The van der Waals surface area contributed by atoms with Gasteiger partial charge in [-0.3, -0.25) is 14.7 Å². The van der Waals surface area contributed by atoms with Crippen molar-refractivity contribution in [2.45, 2.75) is 5.75 Å². The molecule has 108 valence electrons. The molecule has 3 rings (SSSR count). The fraction of sp³-hybridized carbons (Fsp3) is 0.200. The first-order valence-electron chi connectivity index (χ1n) is 6.52. The Labute approximate surface area is 135 Å². The lowest BCUT2D eigenvalue weighted by atomic mass is 10.2. The zero-order valence-corrected chi connectivity index (χ0v) is 13.6. The van der Waals surface area contributed by atoms with E-state index in [2.05, 4.69) is 33.1 Å². The molecule has 1 aliphatic rings. The Hall–Kier alpha value is -1.53. The highest BCUT2D eigenvalue weighted by molar-refractivity contribution is 9.10. The van der Waals surface area contributed by atoms with Crippen LogP contribution in [0.5, 0.6) is 0 Å². The molecule has 0 saturated heterocycles. The molecule has 2 heterocycles. The monoisotopic (exact) mass is 364 g/mol. The van der Waals surface area contributed by atoms with Crippen molar-refractivity contribution in [2.24, 2.45) is 4.99 Å². The first-order valence-corrected chi connectivity index (χ1v) is 8.30. The molecule has 0 atom stereocenters. The molecule has 1 aliphatic heterocycles. The maximum absolute atomic E-state index is 12.4. The van der Waals surface area contributed by atoms with Crippen molar-refractivity contribution < 1.29 is 9.21 Å². The van der Waals surface area contributed by atoms with Gasteiger partial charge in [-0.05, 0) is 33.6 Å². The lowest BCUT2D eigenvalue weighted by Gasteiger charge is -2.16. The van der Waals surface area contributed by atoms with Crippen LogP contribution >= 0.6 is 27.7 Å². The number of amidine groups is 1. The molecule has 0 radical (unpaired) electrons. The summed E-state index contributed by atoms with van der Waals surface area (Å²) in [5, 5.41) is 0.761. The van der Waals surface area contributed by atoms with Crippen LogP contribution in [0.15, 0.2) is 56.5 Å². The van der Waals surface area contributed by atoms with Crippen LogP contribution in [0.4, 0.5) is 0 Å². The van der Waals surface area contributed by atoms with Gasteiger partial charge in [0.05, 0.1) is 6.54 Å². The minimum atomic E-state index is -0.141. The molecule has 1 amide bonds. The van der Waals surface area contributed by atoms with Crippen LogP contribution in [0, 0.1) is 0 Å². The molecular weight excluding hydrogens is 352 g/mol. The van der Waals surface area contributed by atoms with Gasteiger partial charge in [-0.1, -0.05) is 42.1 Å². The molecule has 0 spiro atoms. The second-order valence-corrected chi connectivity index (χ2v) is 6.22. The Balaban J connectivity index is 1.66. The molecule has 0 saturated carbocycles. The number of aliphatic imine (C=N–C) groups is 1. The summed E-state index contributed by atoms with van der Waals surface area (Å²) in [6.07, 6.45) is 0. The number of hydrogen-bond donors (Lipinski definition) is 0. The molecule has 0 N–H and O–H groups in total. The third kappa shape index (κ3) is 3.39. The molecule has 0 bridgehead atoms. The number of thioether (sulfide) groups is 1. The predicted molar refractivity (Wildman–Crippen MR) is 87.5 cm³/mol. The summed E-state index contributed by atoms with van der Waals surface area (Å²) in [6, 6.07) is 13.5. The minimum absolute atomic E-state index is 0.141. The van der Waals surface area contributed by atoms with E-state index in [0.717, 1.165) is 10.9 Å². The van der Waals surface area contributed by atoms with Crippen molar-refractivity contribution in [3.8, 4) is 0 Å². The highest BCUT2D eigenvalue weighted by Crippen LogP contribution is 2.23. The SMILES string of the molecule is O=C(c1ccc(Br)o1)N1CCN=C1SCc1ccccc1. The number of carbonyl (C=O) groups excluding carboxylic acids is 1. The molecule has 21 heavy (non-hydrogen) atoms. The van der Waals surface area contributed by atoms with Gasteiger partial charge >= 0.3 is 0 Å². The van der Waals surface area contributed by atoms with E-state index < -0.39 is 0 Å². The van der Waals surface area contributed by atoms with Crippen LogP contribution in [0.1, 0.15) is 16.1 Å². The lowest BCUT2D eigenvalue weighted by molar-refractivity contribution is 0.0829. The normalized spacial score (nSPS) is 14.3. The van der Waals surface area contributed by atoms with Gasteiger partial charge in [0.25, 0.3) is 5.91 Å². The summed E-state index contributed by atoms with van der Waals surface area (Å²) >= 11 is 4.79. The van der Waals surface area contributed by atoms with E-state index in [1.54, 1.807) is 28.8 Å². The smallest absolute Gasteiger partial charge is 0.295 e. The molecule has 0 fully saturated rings. The van der Waals surface area contributed by atoms with Crippen molar-refractivity contribution in [1.29, 1.82) is 0 Å². The highest BCUT2D eigenvalue weighted by atomic mass is 79.9. The van der Waals surface area contributed by atoms with E-state index in [1.165, 1.54) is 5.56 Å². The maximum Gasteiger partial charge on any atom is 0.295 e. The van der Waals surface area contributed by atoms with Crippen molar-refractivity contribution in [1.82, 2.24) is 4.90 Å². The Bertz CT molecular complexity index is 669. The van der Waals surface area contributed by atoms with Crippen LogP contribution in [0.25, 0.3) is 0 Å². The van der Waals surface area contributed by atoms with E-state index in [1.807, 2.05) is 18.2 Å². The van der Waals surface area contributed by atoms with Gasteiger partial charge in [-0.25, -0.2) is 0 Å². The minimum Gasteiger partial charge on any atom is -0.444 e. The summed E-state index contributed by atoms with van der Waals surface area (Å²) in [7, 11) is 0. The van der Waals surface area contributed by atoms with Gasteiger partial charge < -0.3 is 4.42 Å². The number of carbonyl (C=O) groups is 1. The average molecular weight is 365 g/mol. The van der Waals surface area contributed by atoms with Crippen LogP contribution in [0.3, 0.4) is 0 Å². The molecule has 0 aliphatic carbocycles. The standard InChI is InChI=1S/C15H13BrN2O2S/c16-13-7-6-12(20-13)14(19)18-9-8-17-15(18)21-10-11-4-2-1-3-5-11/h1-7H,8-10H2. The van der Waals surface area contributed by atoms with E-state index in [9.17, 15) is 4.79 Å². The van der Waals surface area contributed by atoms with Crippen LogP contribution in [-0.4, -0.2) is 29.1 Å². The van der Waals surface area contributed by atoms with Gasteiger partial charge in [0, 0.05) is 12.3 Å². The van der Waals surface area contributed by atoms with Crippen molar-refractivity contribution in [3.63, 3.8) is 0 Å². The van der Waals surface area contributed by atoms with Crippen LogP contribution in [-0.2, 0) is 5.75 Å². The quantitative estimate of drug-likeness (QED) is 0.832. The summed E-state index contributed by atoms with van der Waals surface area (Å²) in [5.41, 5.74) is 1.21. The average Bonchev–Trinajstić information content (AvgIpc) is 3.14. The van der Waals surface area contributed by atoms with E-state index in [0.29, 0.717) is 23.5 Å². The van der Waals surface area contributed by atoms with Crippen LogP contribution in [0.2, 0.25) is 0 Å². The Morgan fingerprint density at radius 3 is 2.81 bits per heavy atom. The number of rotatable bonds is 3. The molecule has 4 nitrogen and oxygen atoms in total. The Morgan fingerprint density at radius 1 is 1.29 bits per heavy atom. The summed E-state index contributed by atoms with van der Waals surface area (Å²) in [4.78, 5) is 18.5. The number of amides is 1. The maximum atomic E-state index is 12.4.